The number of benzene rings is 1. The summed E-state index contributed by atoms with van der Waals surface area (Å²) in [5.41, 5.74) is 0.651. The van der Waals surface area contributed by atoms with E-state index >= 15 is 0 Å². The number of hydrogen-bond donors (Lipinski definition) is 1. The molecule has 1 aliphatic heterocycles. The van der Waals surface area contributed by atoms with E-state index in [0.29, 0.717) is 18.8 Å². The number of halogens is 1. The Balaban J connectivity index is 2.13. The number of nitrogens with zero attached hydrogens (tertiary/aromatic N) is 2. The summed E-state index contributed by atoms with van der Waals surface area (Å²) in [6.07, 6.45) is 2.61. The highest BCUT2D eigenvalue weighted by Crippen LogP contribution is 2.27. The molecule has 1 atom stereocenters. The second kappa shape index (κ2) is 7.07. The molecule has 1 fully saturated rings. The number of anilines is 1. The standard InChI is InChI=1S/C16H20FN3O/c1-2-8-19-16(21)12-5-4-9-20(11-12)15-7-3-6-14(17)13(15)10-18/h3,6-7,12H,2,4-5,8-9,11H2,1H3,(H,19,21). The molecule has 1 amide bonds. The SMILES string of the molecule is CCCNC(=O)C1CCCN(c2cccc(F)c2C#N)C1. The zero-order chi connectivity index (χ0) is 15.2. The van der Waals surface area contributed by atoms with E-state index in [2.05, 4.69) is 5.32 Å². The number of piperidine rings is 1. The number of nitriles is 1. The Morgan fingerprint density at radius 1 is 1.57 bits per heavy atom. The maximum Gasteiger partial charge on any atom is 0.224 e. The van der Waals surface area contributed by atoms with Crippen molar-refractivity contribution in [3.8, 4) is 6.07 Å². The van der Waals surface area contributed by atoms with E-state index in [0.717, 1.165) is 25.8 Å². The highest BCUT2D eigenvalue weighted by Gasteiger charge is 2.27. The molecule has 4 nitrogen and oxygen atoms in total. The lowest BCUT2D eigenvalue weighted by Crippen LogP contribution is -2.43. The van der Waals surface area contributed by atoms with Gasteiger partial charge in [-0.3, -0.25) is 4.79 Å². The summed E-state index contributed by atoms with van der Waals surface area (Å²) in [5.74, 6) is -0.552. The zero-order valence-electron chi connectivity index (χ0n) is 12.2. The van der Waals surface area contributed by atoms with E-state index in [1.54, 1.807) is 12.1 Å². The lowest BCUT2D eigenvalue weighted by atomic mass is 9.96. The molecule has 0 radical (unpaired) electrons. The molecule has 1 aromatic carbocycles. The van der Waals surface area contributed by atoms with Gasteiger partial charge >= 0.3 is 0 Å². The van der Waals surface area contributed by atoms with Crippen LogP contribution in [0.1, 0.15) is 31.7 Å². The van der Waals surface area contributed by atoms with Gasteiger partial charge in [-0.2, -0.15) is 5.26 Å². The summed E-state index contributed by atoms with van der Waals surface area (Å²) in [6, 6.07) is 6.56. The average molecular weight is 289 g/mol. The molecule has 1 heterocycles. The number of carbonyl (C=O) groups is 1. The molecule has 0 aliphatic carbocycles. The third kappa shape index (κ3) is 3.52. The lowest BCUT2D eigenvalue weighted by molar-refractivity contribution is -0.125. The first-order valence-corrected chi connectivity index (χ1v) is 7.38. The first-order valence-electron chi connectivity index (χ1n) is 7.38. The molecule has 1 saturated heterocycles. The molecule has 0 saturated carbocycles. The third-order valence-corrected chi connectivity index (χ3v) is 3.79. The van der Waals surface area contributed by atoms with Crippen LogP contribution in [-0.4, -0.2) is 25.5 Å². The smallest absolute Gasteiger partial charge is 0.224 e. The van der Waals surface area contributed by atoms with E-state index in [4.69, 9.17) is 5.26 Å². The van der Waals surface area contributed by atoms with E-state index in [9.17, 15) is 9.18 Å². The monoisotopic (exact) mass is 289 g/mol. The number of carbonyl (C=O) groups excluding carboxylic acids is 1. The fourth-order valence-corrected chi connectivity index (χ4v) is 2.69. The molecule has 2 rings (SSSR count). The summed E-state index contributed by atoms with van der Waals surface area (Å²) in [6.45, 7) is 3.97. The van der Waals surface area contributed by atoms with Crippen LogP contribution >= 0.6 is 0 Å². The van der Waals surface area contributed by atoms with Crippen LogP contribution in [0.25, 0.3) is 0 Å². The van der Waals surface area contributed by atoms with Gasteiger partial charge in [-0.05, 0) is 31.4 Å². The summed E-state index contributed by atoms with van der Waals surface area (Å²) >= 11 is 0. The van der Waals surface area contributed by atoms with Gasteiger partial charge in [0, 0.05) is 19.6 Å². The molecular formula is C16H20FN3O. The van der Waals surface area contributed by atoms with Crippen LogP contribution in [0.4, 0.5) is 10.1 Å². The summed E-state index contributed by atoms with van der Waals surface area (Å²) in [4.78, 5) is 14.0. The van der Waals surface area contributed by atoms with Crippen LogP contribution in [-0.2, 0) is 4.79 Å². The molecule has 21 heavy (non-hydrogen) atoms. The van der Waals surface area contributed by atoms with Crippen LogP contribution in [0.3, 0.4) is 0 Å². The number of nitrogens with one attached hydrogen (secondary N) is 1. The van der Waals surface area contributed by atoms with Crippen LogP contribution in [0.15, 0.2) is 18.2 Å². The van der Waals surface area contributed by atoms with Crippen molar-refractivity contribution < 1.29 is 9.18 Å². The minimum absolute atomic E-state index is 0.0523. The molecule has 0 aromatic heterocycles. The van der Waals surface area contributed by atoms with E-state index in [1.165, 1.54) is 6.07 Å². The maximum atomic E-state index is 13.7. The van der Waals surface area contributed by atoms with Gasteiger partial charge in [0.05, 0.1) is 11.6 Å². The minimum atomic E-state index is -0.507. The van der Waals surface area contributed by atoms with Gasteiger partial charge < -0.3 is 10.2 Å². The molecule has 0 bridgehead atoms. The Kier molecular flexibility index (Phi) is 5.15. The zero-order valence-corrected chi connectivity index (χ0v) is 12.2. The summed E-state index contributed by atoms with van der Waals surface area (Å²) < 4.78 is 13.7. The fraction of sp³-hybridized carbons (Fsp3) is 0.500. The van der Waals surface area contributed by atoms with Crippen LogP contribution < -0.4 is 10.2 Å². The Bertz CT molecular complexity index is 553. The van der Waals surface area contributed by atoms with Crippen molar-refractivity contribution in [2.24, 2.45) is 5.92 Å². The highest BCUT2D eigenvalue weighted by molar-refractivity contribution is 5.79. The maximum absolute atomic E-state index is 13.7. The van der Waals surface area contributed by atoms with Gasteiger partial charge in [-0.1, -0.05) is 13.0 Å². The van der Waals surface area contributed by atoms with Gasteiger partial charge in [0.25, 0.3) is 0 Å². The molecule has 112 valence electrons. The number of rotatable bonds is 4. The number of amides is 1. The number of hydrogen-bond acceptors (Lipinski definition) is 3. The molecule has 1 N–H and O–H groups in total. The van der Waals surface area contributed by atoms with Gasteiger partial charge in [-0.25, -0.2) is 4.39 Å². The van der Waals surface area contributed by atoms with Crippen LogP contribution in [0.5, 0.6) is 0 Å². The van der Waals surface area contributed by atoms with E-state index in [1.807, 2.05) is 17.9 Å². The van der Waals surface area contributed by atoms with Crippen molar-refractivity contribution in [3.05, 3.63) is 29.6 Å². The van der Waals surface area contributed by atoms with Crippen LogP contribution in [0, 0.1) is 23.1 Å². The average Bonchev–Trinajstić information content (AvgIpc) is 2.52. The summed E-state index contributed by atoms with van der Waals surface area (Å²) in [7, 11) is 0. The van der Waals surface area contributed by atoms with Crippen molar-refractivity contribution in [2.75, 3.05) is 24.5 Å². The first-order chi connectivity index (χ1) is 10.2. The Labute approximate surface area is 124 Å². The Morgan fingerprint density at radius 2 is 2.38 bits per heavy atom. The molecule has 5 heteroatoms. The second-order valence-electron chi connectivity index (χ2n) is 5.32. The van der Waals surface area contributed by atoms with Crippen molar-refractivity contribution >= 4 is 11.6 Å². The molecule has 1 unspecified atom stereocenters. The van der Waals surface area contributed by atoms with Crippen molar-refractivity contribution in [2.45, 2.75) is 26.2 Å². The third-order valence-electron chi connectivity index (χ3n) is 3.79. The second-order valence-corrected chi connectivity index (χ2v) is 5.32. The molecule has 0 spiro atoms. The minimum Gasteiger partial charge on any atom is -0.370 e. The Morgan fingerprint density at radius 3 is 3.10 bits per heavy atom. The molecular weight excluding hydrogens is 269 g/mol. The topological polar surface area (TPSA) is 56.1 Å². The van der Waals surface area contributed by atoms with Gasteiger partial charge in [0.1, 0.15) is 17.4 Å². The van der Waals surface area contributed by atoms with Crippen molar-refractivity contribution in [1.82, 2.24) is 5.32 Å². The van der Waals surface area contributed by atoms with Gasteiger partial charge in [0.2, 0.25) is 5.91 Å². The largest absolute Gasteiger partial charge is 0.370 e. The van der Waals surface area contributed by atoms with Crippen LogP contribution in [0.2, 0.25) is 0 Å². The van der Waals surface area contributed by atoms with E-state index in [-0.39, 0.29) is 17.4 Å². The van der Waals surface area contributed by atoms with Crippen molar-refractivity contribution in [3.63, 3.8) is 0 Å². The Hall–Kier alpha value is -2.09. The highest BCUT2D eigenvalue weighted by atomic mass is 19.1. The normalized spacial score (nSPS) is 18.1. The van der Waals surface area contributed by atoms with Gasteiger partial charge in [-0.15, -0.1) is 0 Å². The fourth-order valence-electron chi connectivity index (χ4n) is 2.69. The van der Waals surface area contributed by atoms with Gasteiger partial charge in [0.15, 0.2) is 0 Å². The van der Waals surface area contributed by atoms with Crippen molar-refractivity contribution in [1.29, 1.82) is 5.26 Å². The quantitative estimate of drug-likeness (QED) is 0.926. The molecule has 1 aliphatic rings. The predicted octanol–water partition coefficient (Wildman–Crippen LogP) is 2.44. The first kappa shape index (κ1) is 15.3. The summed E-state index contributed by atoms with van der Waals surface area (Å²) in [5, 5.41) is 12.0. The predicted molar refractivity (Wildman–Crippen MR) is 79.4 cm³/mol. The van der Waals surface area contributed by atoms with E-state index < -0.39 is 5.82 Å². The molecule has 1 aromatic rings. The lowest BCUT2D eigenvalue weighted by Gasteiger charge is -2.34.